The van der Waals surface area contributed by atoms with Crippen LogP contribution in [0.15, 0.2) is 36.5 Å². The highest BCUT2D eigenvalue weighted by Crippen LogP contribution is 2.46. The number of alkyl halides is 3. The maximum atomic E-state index is 14.4. The average Bonchev–Trinajstić information content (AvgIpc) is 3.20. The highest BCUT2D eigenvalue weighted by molar-refractivity contribution is 5.97. The third-order valence-electron chi connectivity index (χ3n) is 5.07. The van der Waals surface area contributed by atoms with E-state index in [1.807, 2.05) is 0 Å². The zero-order valence-electron chi connectivity index (χ0n) is 17.5. The van der Waals surface area contributed by atoms with E-state index in [0.717, 1.165) is 7.11 Å². The molecule has 0 amide bonds. The first-order valence-electron chi connectivity index (χ1n) is 9.47. The standard InChI is InChI=1S/C21H15F4N5O4/c1-33-9-3-4-10-12(8-27-14(10)5-9)19-17(21(23,24)25)18(28-20(26)29-19)11-6-15(30(31)32)13(22)7-16(11)34-2/h3-8,27H,1-2H3,(H2,26,28,29). The van der Waals surface area contributed by atoms with Gasteiger partial charge in [0.25, 0.3) is 0 Å². The van der Waals surface area contributed by atoms with Gasteiger partial charge in [0.15, 0.2) is 0 Å². The summed E-state index contributed by atoms with van der Waals surface area (Å²) >= 11 is 0. The topological polar surface area (TPSA) is 129 Å². The lowest BCUT2D eigenvalue weighted by Gasteiger charge is -2.18. The molecule has 0 aliphatic heterocycles. The fourth-order valence-corrected chi connectivity index (χ4v) is 3.60. The first kappa shape index (κ1) is 22.8. The molecule has 0 fully saturated rings. The number of rotatable bonds is 5. The minimum Gasteiger partial charge on any atom is -0.497 e. The van der Waals surface area contributed by atoms with Gasteiger partial charge < -0.3 is 20.2 Å². The fraction of sp³-hybridized carbons (Fsp3) is 0.143. The Hall–Kier alpha value is -4.42. The van der Waals surface area contributed by atoms with Crippen LogP contribution < -0.4 is 15.2 Å². The number of aromatic nitrogens is 3. The second-order valence-electron chi connectivity index (χ2n) is 7.03. The van der Waals surface area contributed by atoms with Gasteiger partial charge in [-0.2, -0.15) is 17.6 Å². The first-order chi connectivity index (χ1) is 16.0. The molecule has 0 radical (unpaired) electrons. The first-order valence-corrected chi connectivity index (χ1v) is 9.47. The Morgan fingerprint density at radius 2 is 1.74 bits per heavy atom. The van der Waals surface area contributed by atoms with Gasteiger partial charge in [-0.05, 0) is 12.1 Å². The number of nitrogens with zero attached hydrogens (tertiary/aromatic N) is 3. The van der Waals surface area contributed by atoms with Crippen molar-refractivity contribution in [3.8, 4) is 34.0 Å². The average molecular weight is 477 g/mol. The summed E-state index contributed by atoms with van der Waals surface area (Å²) in [6.45, 7) is 0. The van der Waals surface area contributed by atoms with Gasteiger partial charge in [0.2, 0.25) is 11.8 Å². The molecule has 0 spiro atoms. The summed E-state index contributed by atoms with van der Waals surface area (Å²) in [5.74, 6) is -1.74. The van der Waals surface area contributed by atoms with Crippen LogP contribution in [0.5, 0.6) is 11.5 Å². The highest BCUT2D eigenvalue weighted by atomic mass is 19.4. The number of H-pyrrole nitrogens is 1. The van der Waals surface area contributed by atoms with Crippen molar-refractivity contribution >= 4 is 22.5 Å². The Balaban J connectivity index is 2.09. The van der Waals surface area contributed by atoms with Gasteiger partial charge in [0.1, 0.15) is 17.1 Å². The zero-order chi connectivity index (χ0) is 24.8. The van der Waals surface area contributed by atoms with E-state index in [1.165, 1.54) is 13.3 Å². The van der Waals surface area contributed by atoms with Crippen molar-refractivity contribution in [3.05, 3.63) is 58.0 Å². The van der Waals surface area contributed by atoms with Gasteiger partial charge in [0, 0.05) is 40.9 Å². The van der Waals surface area contributed by atoms with E-state index in [9.17, 15) is 27.7 Å². The molecule has 0 saturated carbocycles. The van der Waals surface area contributed by atoms with E-state index >= 15 is 0 Å². The minimum absolute atomic E-state index is 0.0518. The fourth-order valence-electron chi connectivity index (χ4n) is 3.60. The predicted molar refractivity (Wildman–Crippen MR) is 114 cm³/mol. The Kier molecular flexibility index (Phi) is 5.47. The van der Waals surface area contributed by atoms with Crippen LogP contribution in [0.1, 0.15) is 5.56 Å². The van der Waals surface area contributed by atoms with Crippen molar-refractivity contribution in [1.82, 2.24) is 15.0 Å². The van der Waals surface area contributed by atoms with E-state index < -0.39 is 56.8 Å². The largest absolute Gasteiger partial charge is 0.497 e. The molecular formula is C21H15F4N5O4. The van der Waals surface area contributed by atoms with Gasteiger partial charge in [-0.3, -0.25) is 10.1 Å². The number of methoxy groups -OCH3 is 2. The summed E-state index contributed by atoms with van der Waals surface area (Å²) < 4.78 is 67.5. The second kappa shape index (κ2) is 8.17. The SMILES string of the molecule is COc1ccc2c(-c3nc(N)nc(-c4cc([N+](=O)[O-])c(F)cc4OC)c3C(F)(F)F)c[nH]c2c1. The second-order valence-corrected chi connectivity index (χ2v) is 7.03. The molecule has 3 N–H and O–H groups in total. The van der Waals surface area contributed by atoms with Crippen LogP contribution in [0.3, 0.4) is 0 Å². The number of fused-ring (bicyclic) bond motifs is 1. The lowest BCUT2D eigenvalue weighted by molar-refractivity contribution is -0.387. The molecule has 176 valence electrons. The normalized spacial score (nSPS) is 11.6. The Morgan fingerprint density at radius 1 is 1.06 bits per heavy atom. The van der Waals surface area contributed by atoms with E-state index in [4.69, 9.17) is 15.2 Å². The summed E-state index contributed by atoms with van der Waals surface area (Å²) in [4.78, 5) is 20.6. The molecular weight excluding hydrogens is 462 g/mol. The molecule has 4 rings (SSSR count). The predicted octanol–water partition coefficient (Wildman–Crippen LogP) is 4.96. The van der Waals surface area contributed by atoms with Crippen LogP contribution in [0.4, 0.5) is 29.2 Å². The van der Waals surface area contributed by atoms with Crippen molar-refractivity contribution in [1.29, 1.82) is 0 Å². The molecule has 13 heteroatoms. The number of halogens is 4. The summed E-state index contributed by atoms with van der Waals surface area (Å²) in [5.41, 5.74) is 2.07. The molecule has 0 bridgehead atoms. The molecule has 0 atom stereocenters. The van der Waals surface area contributed by atoms with Gasteiger partial charge >= 0.3 is 11.9 Å². The Labute approximate surface area is 188 Å². The third kappa shape index (κ3) is 3.80. The third-order valence-corrected chi connectivity index (χ3v) is 5.07. The zero-order valence-corrected chi connectivity index (χ0v) is 17.5. The lowest BCUT2D eigenvalue weighted by atomic mass is 9.98. The van der Waals surface area contributed by atoms with Gasteiger partial charge in [-0.1, -0.05) is 0 Å². The van der Waals surface area contributed by atoms with Crippen molar-refractivity contribution < 1.29 is 32.0 Å². The van der Waals surface area contributed by atoms with Crippen molar-refractivity contribution in [3.63, 3.8) is 0 Å². The molecule has 4 aromatic rings. The molecule has 2 aromatic heterocycles. The number of nitro groups is 1. The molecule has 0 saturated heterocycles. The van der Waals surface area contributed by atoms with Crippen molar-refractivity contribution in [2.45, 2.75) is 6.18 Å². The van der Waals surface area contributed by atoms with Gasteiger partial charge in [-0.25, -0.2) is 9.97 Å². The Morgan fingerprint density at radius 3 is 2.32 bits per heavy atom. The maximum Gasteiger partial charge on any atom is 0.420 e. The minimum atomic E-state index is -5.03. The number of nitro benzene ring substituents is 1. The van der Waals surface area contributed by atoms with Crippen molar-refractivity contribution in [2.24, 2.45) is 0 Å². The number of nitrogens with two attached hydrogens (primary N) is 1. The molecule has 2 heterocycles. The molecule has 34 heavy (non-hydrogen) atoms. The van der Waals surface area contributed by atoms with Gasteiger partial charge in [0.05, 0.1) is 36.1 Å². The summed E-state index contributed by atoms with van der Waals surface area (Å²) in [5, 5.41) is 11.6. The van der Waals surface area contributed by atoms with Crippen LogP contribution in [0, 0.1) is 15.9 Å². The van der Waals surface area contributed by atoms with E-state index in [2.05, 4.69) is 15.0 Å². The smallest absolute Gasteiger partial charge is 0.420 e. The number of benzene rings is 2. The highest BCUT2D eigenvalue weighted by Gasteiger charge is 2.41. The summed E-state index contributed by atoms with van der Waals surface area (Å²) in [7, 11) is 2.52. The number of aromatic amines is 1. The van der Waals surface area contributed by atoms with E-state index in [0.29, 0.717) is 28.8 Å². The number of hydrogen-bond acceptors (Lipinski definition) is 7. The Bertz CT molecular complexity index is 1440. The lowest BCUT2D eigenvalue weighted by Crippen LogP contribution is -2.14. The molecule has 0 unspecified atom stereocenters. The molecule has 9 nitrogen and oxygen atoms in total. The molecule has 0 aliphatic carbocycles. The monoisotopic (exact) mass is 477 g/mol. The summed E-state index contributed by atoms with van der Waals surface area (Å²) in [6, 6.07) is 5.93. The molecule has 2 aromatic carbocycles. The number of hydrogen-bond donors (Lipinski definition) is 2. The quantitative estimate of drug-likeness (QED) is 0.236. The van der Waals surface area contributed by atoms with Crippen LogP contribution in [0.2, 0.25) is 0 Å². The number of nitrogens with one attached hydrogen (secondary N) is 1. The van der Waals surface area contributed by atoms with Crippen LogP contribution >= 0.6 is 0 Å². The number of nitrogen functional groups attached to an aromatic ring is 1. The maximum absolute atomic E-state index is 14.4. The molecule has 0 aliphatic rings. The van der Waals surface area contributed by atoms with E-state index in [1.54, 1.807) is 18.2 Å². The number of anilines is 1. The van der Waals surface area contributed by atoms with Crippen LogP contribution in [0.25, 0.3) is 33.4 Å². The van der Waals surface area contributed by atoms with Crippen molar-refractivity contribution in [2.75, 3.05) is 20.0 Å². The van der Waals surface area contributed by atoms with Gasteiger partial charge in [-0.15, -0.1) is 0 Å². The number of ether oxygens (including phenoxy) is 2. The van der Waals surface area contributed by atoms with Crippen LogP contribution in [-0.4, -0.2) is 34.1 Å². The van der Waals surface area contributed by atoms with Crippen LogP contribution in [-0.2, 0) is 6.18 Å². The van der Waals surface area contributed by atoms with E-state index in [-0.39, 0.29) is 5.56 Å². The summed E-state index contributed by atoms with van der Waals surface area (Å²) in [6.07, 6.45) is -3.71.